The number of ether oxygens (including phenoxy) is 2. The van der Waals surface area contributed by atoms with Crippen LogP contribution in [0.5, 0.6) is 0 Å². The average molecular weight is 243 g/mol. The Labute approximate surface area is 104 Å². The van der Waals surface area contributed by atoms with Gasteiger partial charge >= 0.3 is 0 Å². The summed E-state index contributed by atoms with van der Waals surface area (Å²) >= 11 is 0. The first-order valence-electron chi connectivity index (χ1n) is 6.50. The molecule has 100 valence electrons. The molecule has 1 rings (SSSR count). The van der Waals surface area contributed by atoms with Crippen molar-refractivity contribution in [3.8, 4) is 0 Å². The summed E-state index contributed by atoms with van der Waals surface area (Å²) in [7, 11) is 1.79. The average Bonchev–Trinajstić information content (AvgIpc) is 2.86. The monoisotopic (exact) mass is 243 g/mol. The van der Waals surface area contributed by atoms with E-state index in [-0.39, 0.29) is 0 Å². The van der Waals surface area contributed by atoms with Crippen LogP contribution in [0.15, 0.2) is 4.99 Å². The minimum Gasteiger partial charge on any atom is -0.382 e. The quantitative estimate of drug-likeness (QED) is 0.394. The normalized spacial score (nSPS) is 20.6. The van der Waals surface area contributed by atoms with Crippen LogP contribution in [0, 0.1) is 0 Å². The van der Waals surface area contributed by atoms with Gasteiger partial charge in [0.2, 0.25) is 0 Å². The topological polar surface area (TPSA) is 54.9 Å². The van der Waals surface area contributed by atoms with E-state index in [1.165, 1.54) is 6.42 Å². The Hall–Kier alpha value is -0.810. The van der Waals surface area contributed by atoms with Gasteiger partial charge in [-0.25, -0.2) is 0 Å². The first-order valence-corrected chi connectivity index (χ1v) is 6.50. The molecule has 5 heteroatoms. The van der Waals surface area contributed by atoms with Crippen LogP contribution in [-0.2, 0) is 9.47 Å². The summed E-state index contributed by atoms with van der Waals surface area (Å²) < 4.78 is 10.8. The lowest BCUT2D eigenvalue weighted by molar-refractivity contribution is 0.113. The van der Waals surface area contributed by atoms with E-state index in [2.05, 4.69) is 15.6 Å². The molecular formula is C12H25N3O2. The molecule has 0 spiro atoms. The summed E-state index contributed by atoms with van der Waals surface area (Å²) in [6, 6.07) is 0. The molecule has 5 nitrogen and oxygen atoms in total. The van der Waals surface area contributed by atoms with Crippen LogP contribution in [0.3, 0.4) is 0 Å². The minimum atomic E-state index is 0.344. The van der Waals surface area contributed by atoms with Crippen molar-refractivity contribution in [3.05, 3.63) is 0 Å². The van der Waals surface area contributed by atoms with E-state index in [0.717, 1.165) is 51.7 Å². The SMILES string of the molecule is CCOCCCNC(=NC)NC[C@H]1CCCO1. The van der Waals surface area contributed by atoms with Crippen molar-refractivity contribution in [3.63, 3.8) is 0 Å². The molecule has 0 saturated carbocycles. The summed E-state index contributed by atoms with van der Waals surface area (Å²) in [5.41, 5.74) is 0. The minimum absolute atomic E-state index is 0.344. The fourth-order valence-corrected chi connectivity index (χ4v) is 1.76. The number of guanidine groups is 1. The highest BCUT2D eigenvalue weighted by Crippen LogP contribution is 2.10. The zero-order valence-corrected chi connectivity index (χ0v) is 11.0. The maximum atomic E-state index is 5.54. The van der Waals surface area contributed by atoms with E-state index in [1.807, 2.05) is 6.92 Å². The first-order chi connectivity index (χ1) is 8.36. The largest absolute Gasteiger partial charge is 0.382 e. The highest BCUT2D eigenvalue weighted by atomic mass is 16.5. The second-order valence-corrected chi connectivity index (χ2v) is 4.07. The Morgan fingerprint density at radius 3 is 3.00 bits per heavy atom. The third-order valence-electron chi connectivity index (χ3n) is 2.71. The second-order valence-electron chi connectivity index (χ2n) is 4.07. The summed E-state index contributed by atoms with van der Waals surface area (Å²) in [6.45, 7) is 6.21. The molecule has 1 atom stereocenters. The van der Waals surface area contributed by atoms with Gasteiger partial charge in [0.05, 0.1) is 6.10 Å². The second kappa shape index (κ2) is 9.24. The van der Waals surface area contributed by atoms with Crippen LogP contribution in [0.2, 0.25) is 0 Å². The standard InChI is InChI=1S/C12H25N3O2/c1-3-16-8-5-7-14-12(13-2)15-10-11-6-4-9-17-11/h11H,3-10H2,1-2H3,(H2,13,14,15)/t11-/m1/s1. The van der Waals surface area contributed by atoms with E-state index in [1.54, 1.807) is 7.05 Å². The third-order valence-corrected chi connectivity index (χ3v) is 2.71. The van der Waals surface area contributed by atoms with Crippen molar-refractivity contribution in [1.82, 2.24) is 10.6 Å². The van der Waals surface area contributed by atoms with Crippen LogP contribution in [0.25, 0.3) is 0 Å². The number of hydrogen-bond donors (Lipinski definition) is 2. The van der Waals surface area contributed by atoms with Gasteiger partial charge in [0, 0.05) is 40.0 Å². The van der Waals surface area contributed by atoms with Gasteiger partial charge in [0.15, 0.2) is 5.96 Å². The predicted molar refractivity (Wildman–Crippen MR) is 69.4 cm³/mol. The molecule has 0 aromatic rings. The fourth-order valence-electron chi connectivity index (χ4n) is 1.76. The molecular weight excluding hydrogens is 218 g/mol. The van der Waals surface area contributed by atoms with Crippen LogP contribution in [0.1, 0.15) is 26.2 Å². The molecule has 2 N–H and O–H groups in total. The number of hydrogen-bond acceptors (Lipinski definition) is 3. The van der Waals surface area contributed by atoms with Gasteiger partial charge in [-0.1, -0.05) is 0 Å². The Bertz CT molecular complexity index is 216. The molecule has 0 radical (unpaired) electrons. The van der Waals surface area contributed by atoms with Crippen LogP contribution < -0.4 is 10.6 Å². The Balaban J connectivity index is 2.03. The maximum Gasteiger partial charge on any atom is 0.191 e. The molecule has 0 aromatic heterocycles. The summed E-state index contributed by atoms with van der Waals surface area (Å²) in [4.78, 5) is 4.16. The van der Waals surface area contributed by atoms with Crippen molar-refractivity contribution in [2.24, 2.45) is 4.99 Å². The zero-order valence-electron chi connectivity index (χ0n) is 11.0. The molecule has 1 aliphatic heterocycles. The van der Waals surface area contributed by atoms with Crippen molar-refractivity contribution in [1.29, 1.82) is 0 Å². The van der Waals surface area contributed by atoms with Crippen molar-refractivity contribution >= 4 is 5.96 Å². The van der Waals surface area contributed by atoms with Gasteiger partial charge in [-0.2, -0.15) is 0 Å². The molecule has 0 amide bonds. The van der Waals surface area contributed by atoms with Crippen molar-refractivity contribution in [2.75, 3.05) is 40.0 Å². The summed E-state index contributed by atoms with van der Waals surface area (Å²) in [6.07, 6.45) is 3.66. The molecule has 1 heterocycles. The molecule has 0 unspecified atom stereocenters. The number of rotatable bonds is 7. The molecule has 1 saturated heterocycles. The zero-order chi connectivity index (χ0) is 12.3. The van der Waals surface area contributed by atoms with E-state index >= 15 is 0 Å². The van der Waals surface area contributed by atoms with E-state index < -0.39 is 0 Å². The highest BCUT2D eigenvalue weighted by molar-refractivity contribution is 5.79. The molecule has 0 aliphatic carbocycles. The predicted octanol–water partition coefficient (Wildman–Crippen LogP) is 0.757. The Morgan fingerprint density at radius 1 is 1.47 bits per heavy atom. The van der Waals surface area contributed by atoms with Crippen LogP contribution in [0.4, 0.5) is 0 Å². The van der Waals surface area contributed by atoms with Crippen LogP contribution in [-0.4, -0.2) is 52.0 Å². The van der Waals surface area contributed by atoms with Gasteiger partial charge in [-0.3, -0.25) is 4.99 Å². The number of nitrogens with one attached hydrogen (secondary N) is 2. The van der Waals surface area contributed by atoms with Gasteiger partial charge in [0.1, 0.15) is 0 Å². The number of nitrogens with zero attached hydrogens (tertiary/aromatic N) is 1. The van der Waals surface area contributed by atoms with Gasteiger partial charge in [-0.05, 0) is 26.2 Å². The van der Waals surface area contributed by atoms with Gasteiger partial charge < -0.3 is 20.1 Å². The molecule has 0 bridgehead atoms. The van der Waals surface area contributed by atoms with Gasteiger partial charge in [0.25, 0.3) is 0 Å². The Kier molecular flexibility index (Phi) is 7.75. The smallest absolute Gasteiger partial charge is 0.191 e. The highest BCUT2D eigenvalue weighted by Gasteiger charge is 2.15. The van der Waals surface area contributed by atoms with Crippen molar-refractivity contribution < 1.29 is 9.47 Å². The van der Waals surface area contributed by atoms with E-state index in [4.69, 9.17) is 9.47 Å². The maximum absolute atomic E-state index is 5.54. The molecule has 0 aromatic carbocycles. The summed E-state index contributed by atoms with van der Waals surface area (Å²) in [5.74, 6) is 0.844. The number of aliphatic imine (C=N–C) groups is 1. The van der Waals surface area contributed by atoms with E-state index in [9.17, 15) is 0 Å². The Morgan fingerprint density at radius 2 is 2.35 bits per heavy atom. The third kappa shape index (κ3) is 6.48. The van der Waals surface area contributed by atoms with Crippen LogP contribution >= 0.6 is 0 Å². The lowest BCUT2D eigenvalue weighted by atomic mass is 10.2. The van der Waals surface area contributed by atoms with Gasteiger partial charge in [-0.15, -0.1) is 0 Å². The first kappa shape index (κ1) is 14.3. The lowest BCUT2D eigenvalue weighted by Crippen LogP contribution is -2.41. The summed E-state index contributed by atoms with van der Waals surface area (Å²) in [5, 5.41) is 6.53. The van der Waals surface area contributed by atoms with Crippen molar-refractivity contribution in [2.45, 2.75) is 32.3 Å². The molecule has 1 fully saturated rings. The van der Waals surface area contributed by atoms with E-state index in [0.29, 0.717) is 6.10 Å². The molecule has 17 heavy (non-hydrogen) atoms. The lowest BCUT2D eigenvalue weighted by Gasteiger charge is -2.14. The fraction of sp³-hybridized carbons (Fsp3) is 0.917. The molecule has 1 aliphatic rings.